The standard InChI is InChI=1S/C13H15BrClNO/c14-11-4-3-10(13(15)6-11)5-12(17)8-16-7-9-1-2-9/h3-4,6,9,16H,1-2,5,7-8H2. The molecule has 1 N–H and O–H groups in total. The summed E-state index contributed by atoms with van der Waals surface area (Å²) in [4.78, 5) is 11.7. The maximum atomic E-state index is 11.7. The van der Waals surface area contributed by atoms with Crippen molar-refractivity contribution in [1.29, 1.82) is 0 Å². The molecule has 0 heterocycles. The number of benzene rings is 1. The highest BCUT2D eigenvalue weighted by molar-refractivity contribution is 9.10. The van der Waals surface area contributed by atoms with Crippen molar-refractivity contribution in [1.82, 2.24) is 5.32 Å². The Morgan fingerprint density at radius 2 is 2.24 bits per heavy atom. The molecule has 1 aromatic rings. The van der Waals surface area contributed by atoms with Crippen molar-refractivity contribution < 1.29 is 4.79 Å². The van der Waals surface area contributed by atoms with E-state index < -0.39 is 0 Å². The van der Waals surface area contributed by atoms with Gasteiger partial charge < -0.3 is 5.32 Å². The topological polar surface area (TPSA) is 29.1 Å². The first-order valence-electron chi connectivity index (χ1n) is 5.81. The lowest BCUT2D eigenvalue weighted by Gasteiger charge is -2.05. The van der Waals surface area contributed by atoms with Crippen LogP contribution in [0.4, 0.5) is 0 Å². The Balaban J connectivity index is 1.79. The number of halogens is 2. The third-order valence-corrected chi connectivity index (χ3v) is 3.70. The highest BCUT2D eigenvalue weighted by Gasteiger charge is 2.20. The minimum absolute atomic E-state index is 0.190. The van der Waals surface area contributed by atoms with Crippen molar-refractivity contribution in [3.8, 4) is 0 Å². The Labute approximate surface area is 115 Å². The number of rotatable bonds is 6. The van der Waals surface area contributed by atoms with Gasteiger partial charge in [-0.25, -0.2) is 0 Å². The molecule has 0 bridgehead atoms. The second-order valence-electron chi connectivity index (χ2n) is 4.53. The van der Waals surface area contributed by atoms with Gasteiger partial charge in [0.1, 0.15) is 0 Å². The summed E-state index contributed by atoms with van der Waals surface area (Å²) in [7, 11) is 0. The molecular weight excluding hydrogens is 302 g/mol. The van der Waals surface area contributed by atoms with Gasteiger partial charge >= 0.3 is 0 Å². The molecule has 1 aliphatic rings. The molecule has 0 saturated heterocycles. The fourth-order valence-corrected chi connectivity index (χ4v) is 2.42. The van der Waals surface area contributed by atoms with Crippen molar-refractivity contribution in [3.63, 3.8) is 0 Å². The van der Waals surface area contributed by atoms with Crippen LogP contribution in [0.1, 0.15) is 18.4 Å². The van der Waals surface area contributed by atoms with Gasteiger partial charge in [-0.2, -0.15) is 0 Å². The SMILES string of the molecule is O=C(CNCC1CC1)Cc1ccc(Br)cc1Cl. The van der Waals surface area contributed by atoms with E-state index in [4.69, 9.17) is 11.6 Å². The van der Waals surface area contributed by atoms with Gasteiger partial charge in [0.2, 0.25) is 0 Å². The van der Waals surface area contributed by atoms with Crippen LogP contribution in [0.5, 0.6) is 0 Å². The average Bonchev–Trinajstić information content (AvgIpc) is 3.06. The summed E-state index contributed by atoms with van der Waals surface area (Å²) in [5.74, 6) is 0.994. The largest absolute Gasteiger partial charge is 0.310 e. The number of nitrogens with one attached hydrogen (secondary N) is 1. The molecule has 0 aliphatic heterocycles. The zero-order valence-corrected chi connectivity index (χ0v) is 11.9. The summed E-state index contributed by atoms with van der Waals surface area (Å²) in [6.07, 6.45) is 3.02. The molecule has 1 saturated carbocycles. The van der Waals surface area contributed by atoms with Crippen LogP contribution in [-0.4, -0.2) is 18.9 Å². The van der Waals surface area contributed by atoms with E-state index in [-0.39, 0.29) is 5.78 Å². The highest BCUT2D eigenvalue weighted by Crippen LogP contribution is 2.27. The van der Waals surface area contributed by atoms with E-state index >= 15 is 0 Å². The molecule has 0 unspecified atom stereocenters. The number of hydrogen-bond donors (Lipinski definition) is 1. The molecule has 4 heteroatoms. The number of carbonyl (C=O) groups excluding carboxylic acids is 1. The molecule has 0 aromatic heterocycles. The lowest BCUT2D eigenvalue weighted by atomic mass is 10.1. The van der Waals surface area contributed by atoms with Gasteiger partial charge in [-0.1, -0.05) is 33.6 Å². The molecule has 0 spiro atoms. The Bertz CT molecular complexity index is 418. The minimum Gasteiger partial charge on any atom is -0.310 e. The van der Waals surface area contributed by atoms with E-state index in [1.165, 1.54) is 12.8 Å². The van der Waals surface area contributed by atoms with Gasteiger partial charge in [0.25, 0.3) is 0 Å². The summed E-state index contributed by atoms with van der Waals surface area (Å²) in [5, 5.41) is 3.84. The third-order valence-electron chi connectivity index (χ3n) is 2.85. The molecule has 0 amide bonds. The van der Waals surface area contributed by atoms with E-state index in [2.05, 4.69) is 21.2 Å². The Morgan fingerprint density at radius 1 is 1.47 bits per heavy atom. The van der Waals surface area contributed by atoms with Gasteiger partial charge in [0.05, 0.1) is 6.54 Å². The quantitative estimate of drug-likeness (QED) is 0.873. The molecule has 2 rings (SSSR count). The van der Waals surface area contributed by atoms with Crippen LogP contribution in [-0.2, 0) is 11.2 Å². The predicted molar refractivity (Wildman–Crippen MR) is 73.5 cm³/mol. The summed E-state index contributed by atoms with van der Waals surface area (Å²) < 4.78 is 0.936. The Morgan fingerprint density at radius 3 is 2.88 bits per heavy atom. The van der Waals surface area contributed by atoms with E-state index in [0.717, 1.165) is 22.5 Å². The first-order chi connectivity index (χ1) is 8.15. The average molecular weight is 317 g/mol. The lowest BCUT2D eigenvalue weighted by molar-refractivity contribution is -0.117. The van der Waals surface area contributed by atoms with Crippen molar-refractivity contribution in [3.05, 3.63) is 33.3 Å². The maximum absolute atomic E-state index is 11.7. The molecular formula is C13H15BrClNO. The predicted octanol–water partition coefficient (Wildman–Crippen LogP) is 3.21. The van der Waals surface area contributed by atoms with Crippen molar-refractivity contribution >= 4 is 33.3 Å². The molecule has 1 fully saturated rings. The highest BCUT2D eigenvalue weighted by atomic mass is 79.9. The second-order valence-corrected chi connectivity index (χ2v) is 5.85. The lowest BCUT2D eigenvalue weighted by Crippen LogP contribution is -2.26. The molecule has 1 aromatic carbocycles. The van der Waals surface area contributed by atoms with E-state index in [1.807, 2.05) is 18.2 Å². The van der Waals surface area contributed by atoms with Crippen LogP contribution in [0.3, 0.4) is 0 Å². The van der Waals surface area contributed by atoms with Crippen LogP contribution >= 0.6 is 27.5 Å². The van der Waals surface area contributed by atoms with Crippen LogP contribution in [0, 0.1) is 5.92 Å². The van der Waals surface area contributed by atoms with Crippen LogP contribution < -0.4 is 5.32 Å². The second kappa shape index (κ2) is 5.98. The van der Waals surface area contributed by atoms with Gasteiger partial charge in [-0.15, -0.1) is 0 Å². The van der Waals surface area contributed by atoms with Gasteiger partial charge in [0, 0.05) is 15.9 Å². The minimum atomic E-state index is 0.190. The van der Waals surface area contributed by atoms with Crippen LogP contribution in [0.25, 0.3) is 0 Å². The first-order valence-corrected chi connectivity index (χ1v) is 6.98. The monoisotopic (exact) mass is 315 g/mol. The third kappa shape index (κ3) is 4.41. The zero-order chi connectivity index (χ0) is 12.3. The molecule has 0 radical (unpaired) electrons. The normalized spacial score (nSPS) is 14.9. The van der Waals surface area contributed by atoms with Gasteiger partial charge in [0.15, 0.2) is 5.78 Å². The van der Waals surface area contributed by atoms with E-state index in [9.17, 15) is 4.79 Å². The fraction of sp³-hybridized carbons (Fsp3) is 0.462. The summed E-state index contributed by atoms with van der Waals surface area (Å²) in [6.45, 7) is 1.42. The van der Waals surface area contributed by atoms with E-state index in [1.54, 1.807) is 0 Å². The molecule has 17 heavy (non-hydrogen) atoms. The summed E-state index contributed by atoms with van der Waals surface area (Å²) >= 11 is 9.41. The Kier molecular flexibility index (Phi) is 4.60. The van der Waals surface area contributed by atoms with Gasteiger partial charge in [-0.3, -0.25) is 4.79 Å². The van der Waals surface area contributed by atoms with Crippen molar-refractivity contribution in [2.45, 2.75) is 19.3 Å². The van der Waals surface area contributed by atoms with E-state index in [0.29, 0.717) is 18.0 Å². The van der Waals surface area contributed by atoms with Crippen molar-refractivity contribution in [2.24, 2.45) is 5.92 Å². The zero-order valence-electron chi connectivity index (χ0n) is 9.51. The molecule has 1 aliphatic carbocycles. The molecule has 92 valence electrons. The fourth-order valence-electron chi connectivity index (χ4n) is 1.68. The molecule has 2 nitrogen and oxygen atoms in total. The maximum Gasteiger partial charge on any atom is 0.151 e. The number of hydrogen-bond acceptors (Lipinski definition) is 2. The Hall–Kier alpha value is -0.380. The number of ketones is 1. The summed E-state index contributed by atoms with van der Waals surface area (Å²) in [6, 6.07) is 5.62. The van der Waals surface area contributed by atoms with Crippen LogP contribution in [0.2, 0.25) is 5.02 Å². The smallest absolute Gasteiger partial charge is 0.151 e. The molecule has 0 atom stereocenters. The number of carbonyl (C=O) groups is 1. The first kappa shape index (κ1) is 13.1. The van der Waals surface area contributed by atoms with Gasteiger partial charge in [-0.05, 0) is 43.0 Å². The van der Waals surface area contributed by atoms with Crippen molar-refractivity contribution in [2.75, 3.05) is 13.1 Å². The van der Waals surface area contributed by atoms with Crippen LogP contribution in [0.15, 0.2) is 22.7 Å². The number of Topliss-reactive ketones (excluding diaryl/α,β-unsaturated/α-hetero) is 1. The summed E-state index contributed by atoms with van der Waals surface area (Å²) in [5.41, 5.74) is 0.896.